The van der Waals surface area contributed by atoms with Crippen LogP contribution in [-0.4, -0.2) is 11.0 Å². The Hall–Kier alpha value is -1.78. The van der Waals surface area contributed by atoms with Gasteiger partial charge in [0.25, 0.3) is 5.22 Å². The highest BCUT2D eigenvalue weighted by atomic mass is 32.2. The van der Waals surface area contributed by atoms with Gasteiger partial charge >= 0.3 is 0 Å². The molecule has 1 atom stereocenters. The van der Waals surface area contributed by atoms with Crippen molar-refractivity contribution >= 4 is 22.9 Å². The molecule has 0 aliphatic rings. The lowest BCUT2D eigenvalue weighted by atomic mass is 10.1. The van der Waals surface area contributed by atoms with Crippen LogP contribution in [0.4, 0.5) is 0 Å². The number of benzene rings is 2. The van der Waals surface area contributed by atoms with E-state index in [1.165, 1.54) is 17.3 Å². The van der Waals surface area contributed by atoms with E-state index in [1.807, 2.05) is 24.3 Å². The van der Waals surface area contributed by atoms with Crippen molar-refractivity contribution in [1.29, 1.82) is 0 Å². The third kappa shape index (κ3) is 3.46. The van der Waals surface area contributed by atoms with Gasteiger partial charge in [0, 0.05) is 10.9 Å². The Labute approximate surface area is 128 Å². The molecule has 0 spiro atoms. The summed E-state index contributed by atoms with van der Waals surface area (Å²) in [6.07, 6.45) is 1.92. The summed E-state index contributed by atoms with van der Waals surface area (Å²) in [7, 11) is 0. The molecule has 2 N–H and O–H groups in total. The van der Waals surface area contributed by atoms with E-state index in [9.17, 15) is 0 Å². The first-order valence-electron chi connectivity index (χ1n) is 7.12. The van der Waals surface area contributed by atoms with Gasteiger partial charge in [0.2, 0.25) is 0 Å². The fourth-order valence-corrected chi connectivity index (χ4v) is 2.89. The topological polar surface area (TPSA) is 52.0 Å². The maximum absolute atomic E-state index is 5.98. The van der Waals surface area contributed by atoms with Gasteiger partial charge in [0.05, 0.1) is 0 Å². The fraction of sp³-hybridized carbons (Fsp3) is 0.235. The molecule has 1 aromatic heterocycles. The Kier molecular flexibility index (Phi) is 4.27. The summed E-state index contributed by atoms with van der Waals surface area (Å²) >= 11 is 1.54. The van der Waals surface area contributed by atoms with E-state index in [0.717, 1.165) is 28.8 Å². The Morgan fingerprint density at radius 1 is 1.14 bits per heavy atom. The van der Waals surface area contributed by atoms with Gasteiger partial charge in [-0.1, -0.05) is 31.2 Å². The second-order valence-electron chi connectivity index (χ2n) is 5.07. The minimum absolute atomic E-state index is 0.237. The van der Waals surface area contributed by atoms with Gasteiger partial charge in [-0.25, -0.2) is 4.98 Å². The van der Waals surface area contributed by atoms with Crippen molar-refractivity contribution in [3.63, 3.8) is 0 Å². The minimum Gasteiger partial charge on any atom is -0.431 e. The molecule has 0 fully saturated rings. The van der Waals surface area contributed by atoms with E-state index in [0.29, 0.717) is 5.22 Å². The number of para-hydroxylation sites is 2. The molecule has 0 aliphatic carbocycles. The molecule has 2 aromatic carbocycles. The third-order valence-electron chi connectivity index (χ3n) is 3.43. The van der Waals surface area contributed by atoms with Crippen molar-refractivity contribution < 1.29 is 4.42 Å². The zero-order valence-corrected chi connectivity index (χ0v) is 12.8. The van der Waals surface area contributed by atoms with Crippen molar-refractivity contribution in [3.05, 3.63) is 54.1 Å². The second-order valence-corrected chi connectivity index (χ2v) is 6.09. The molecule has 0 amide bonds. The van der Waals surface area contributed by atoms with Gasteiger partial charge in [0.15, 0.2) is 5.58 Å². The van der Waals surface area contributed by atoms with Crippen LogP contribution < -0.4 is 5.73 Å². The second kappa shape index (κ2) is 6.33. The molecule has 21 heavy (non-hydrogen) atoms. The van der Waals surface area contributed by atoms with Crippen LogP contribution in [0.25, 0.3) is 11.1 Å². The number of rotatable bonds is 5. The summed E-state index contributed by atoms with van der Waals surface area (Å²) in [5.74, 6) is 0. The van der Waals surface area contributed by atoms with E-state index in [2.05, 4.69) is 36.2 Å². The molecule has 108 valence electrons. The Morgan fingerprint density at radius 2 is 1.90 bits per heavy atom. The standard InChI is InChI=1S/C17H18N2OS/c1-2-13(18)11-12-7-9-14(10-8-12)21-17-19-15-5-3-4-6-16(15)20-17/h3-10,13H,2,11,18H2,1H3. The van der Waals surface area contributed by atoms with Crippen LogP contribution in [0.15, 0.2) is 63.1 Å². The van der Waals surface area contributed by atoms with E-state index >= 15 is 0 Å². The molecule has 0 aliphatic heterocycles. The van der Waals surface area contributed by atoms with Gasteiger partial charge in [-0.2, -0.15) is 0 Å². The Bertz CT molecular complexity index is 688. The largest absolute Gasteiger partial charge is 0.431 e. The van der Waals surface area contributed by atoms with Crippen LogP contribution >= 0.6 is 11.8 Å². The van der Waals surface area contributed by atoms with Crippen LogP contribution in [0, 0.1) is 0 Å². The number of hydrogen-bond donors (Lipinski definition) is 1. The maximum atomic E-state index is 5.98. The number of nitrogens with two attached hydrogens (primary N) is 1. The Morgan fingerprint density at radius 3 is 2.62 bits per heavy atom. The van der Waals surface area contributed by atoms with Crippen LogP contribution in [0.2, 0.25) is 0 Å². The molecule has 0 radical (unpaired) electrons. The molecular formula is C17H18N2OS. The Balaban J connectivity index is 1.72. The number of fused-ring (bicyclic) bond motifs is 1. The molecule has 3 aromatic rings. The highest BCUT2D eigenvalue weighted by Gasteiger charge is 2.07. The lowest BCUT2D eigenvalue weighted by Crippen LogP contribution is -2.21. The average Bonchev–Trinajstić information content (AvgIpc) is 2.91. The van der Waals surface area contributed by atoms with Crippen molar-refractivity contribution in [3.8, 4) is 0 Å². The van der Waals surface area contributed by atoms with E-state index in [4.69, 9.17) is 10.2 Å². The zero-order valence-electron chi connectivity index (χ0n) is 12.0. The molecule has 4 heteroatoms. The molecular weight excluding hydrogens is 280 g/mol. The summed E-state index contributed by atoms with van der Waals surface area (Å²) in [6, 6.07) is 16.5. The predicted octanol–water partition coefficient (Wildman–Crippen LogP) is 4.26. The van der Waals surface area contributed by atoms with Crippen LogP contribution in [0.1, 0.15) is 18.9 Å². The SMILES string of the molecule is CCC(N)Cc1ccc(Sc2nc3ccccc3o2)cc1. The molecule has 1 unspecified atom stereocenters. The molecule has 3 nitrogen and oxygen atoms in total. The molecule has 0 bridgehead atoms. The van der Waals surface area contributed by atoms with Crippen molar-refractivity contribution in [1.82, 2.24) is 4.98 Å². The first-order chi connectivity index (χ1) is 10.2. The van der Waals surface area contributed by atoms with Gasteiger partial charge in [-0.05, 0) is 54.4 Å². The van der Waals surface area contributed by atoms with Gasteiger partial charge in [-0.15, -0.1) is 0 Å². The predicted molar refractivity (Wildman–Crippen MR) is 86.5 cm³/mol. The zero-order chi connectivity index (χ0) is 14.7. The van der Waals surface area contributed by atoms with Gasteiger partial charge < -0.3 is 10.2 Å². The summed E-state index contributed by atoms with van der Waals surface area (Å²) in [4.78, 5) is 5.59. The van der Waals surface area contributed by atoms with E-state index in [-0.39, 0.29) is 6.04 Å². The molecule has 1 heterocycles. The van der Waals surface area contributed by atoms with E-state index < -0.39 is 0 Å². The third-order valence-corrected chi connectivity index (χ3v) is 4.28. The number of aromatic nitrogens is 1. The first-order valence-corrected chi connectivity index (χ1v) is 7.94. The summed E-state index contributed by atoms with van der Waals surface area (Å²) in [6.45, 7) is 2.11. The van der Waals surface area contributed by atoms with Crippen molar-refractivity contribution in [2.24, 2.45) is 5.73 Å². The van der Waals surface area contributed by atoms with E-state index in [1.54, 1.807) is 0 Å². The molecule has 0 saturated carbocycles. The summed E-state index contributed by atoms with van der Waals surface area (Å²) in [5, 5.41) is 0.675. The van der Waals surface area contributed by atoms with Crippen LogP contribution in [-0.2, 0) is 6.42 Å². The first kappa shape index (κ1) is 14.2. The average molecular weight is 298 g/mol. The van der Waals surface area contributed by atoms with Crippen molar-refractivity contribution in [2.45, 2.75) is 35.9 Å². The lowest BCUT2D eigenvalue weighted by Gasteiger charge is -2.08. The van der Waals surface area contributed by atoms with Gasteiger partial charge in [0.1, 0.15) is 5.52 Å². The van der Waals surface area contributed by atoms with Crippen molar-refractivity contribution in [2.75, 3.05) is 0 Å². The summed E-state index contributed by atoms with van der Waals surface area (Å²) in [5.41, 5.74) is 8.97. The highest BCUT2D eigenvalue weighted by Crippen LogP contribution is 2.29. The highest BCUT2D eigenvalue weighted by molar-refractivity contribution is 7.99. The monoisotopic (exact) mass is 298 g/mol. The summed E-state index contributed by atoms with van der Waals surface area (Å²) < 4.78 is 5.72. The molecule has 3 rings (SSSR count). The van der Waals surface area contributed by atoms with Gasteiger partial charge in [-0.3, -0.25) is 0 Å². The number of nitrogens with zero attached hydrogens (tertiary/aromatic N) is 1. The quantitative estimate of drug-likeness (QED) is 0.764. The normalized spacial score (nSPS) is 12.7. The van der Waals surface area contributed by atoms with Crippen LogP contribution in [0.3, 0.4) is 0 Å². The lowest BCUT2D eigenvalue weighted by molar-refractivity contribution is 0.489. The number of hydrogen-bond acceptors (Lipinski definition) is 4. The maximum Gasteiger partial charge on any atom is 0.261 e. The number of oxazole rings is 1. The van der Waals surface area contributed by atoms with Crippen LogP contribution in [0.5, 0.6) is 0 Å². The smallest absolute Gasteiger partial charge is 0.261 e. The minimum atomic E-state index is 0.237. The molecule has 0 saturated heterocycles. The fourth-order valence-electron chi connectivity index (χ4n) is 2.14.